The second-order valence-corrected chi connectivity index (χ2v) is 3.37. The fraction of sp³-hybridized carbons (Fsp3) is 0. The summed E-state index contributed by atoms with van der Waals surface area (Å²) in [6.45, 7) is 0. The highest BCUT2D eigenvalue weighted by atomic mass is 32.1. The van der Waals surface area contributed by atoms with Crippen LogP contribution in [0.5, 0.6) is 0 Å². The number of nitrogen functional groups attached to an aromatic ring is 1. The van der Waals surface area contributed by atoms with Gasteiger partial charge in [-0.05, 0) is 0 Å². The summed E-state index contributed by atoms with van der Waals surface area (Å²) in [5, 5.41) is 16.6. The van der Waals surface area contributed by atoms with Crippen molar-refractivity contribution in [3.63, 3.8) is 0 Å². The summed E-state index contributed by atoms with van der Waals surface area (Å²) in [5.41, 5.74) is 5.80. The SMILES string of the molecule is N#Cc1cnc(-c2cnc(N)nn2)s1. The lowest BCUT2D eigenvalue weighted by Gasteiger charge is -1.92. The summed E-state index contributed by atoms with van der Waals surface area (Å²) >= 11 is 1.24. The molecule has 14 heavy (non-hydrogen) atoms. The van der Waals surface area contributed by atoms with E-state index in [2.05, 4.69) is 20.2 Å². The van der Waals surface area contributed by atoms with Crippen molar-refractivity contribution in [2.24, 2.45) is 0 Å². The zero-order valence-corrected chi connectivity index (χ0v) is 7.69. The van der Waals surface area contributed by atoms with E-state index in [9.17, 15) is 0 Å². The lowest BCUT2D eigenvalue weighted by atomic mass is 10.5. The van der Waals surface area contributed by atoms with Crippen molar-refractivity contribution in [2.45, 2.75) is 0 Å². The molecule has 0 spiro atoms. The van der Waals surface area contributed by atoms with Crippen molar-refractivity contribution in [3.8, 4) is 16.8 Å². The molecule has 7 heteroatoms. The minimum absolute atomic E-state index is 0.116. The van der Waals surface area contributed by atoms with Crippen molar-refractivity contribution in [1.82, 2.24) is 20.2 Å². The van der Waals surface area contributed by atoms with Crippen LogP contribution < -0.4 is 5.73 Å². The molecule has 0 aliphatic heterocycles. The quantitative estimate of drug-likeness (QED) is 0.723. The smallest absolute Gasteiger partial charge is 0.240 e. The molecule has 6 nitrogen and oxygen atoms in total. The highest BCUT2D eigenvalue weighted by Crippen LogP contribution is 2.21. The van der Waals surface area contributed by atoms with Crippen LogP contribution in [0.3, 0.4) is 0 Å². The standard InChI is InChI=1S/C7H4N6S/c8-1-4-2-10-6(14-4)5-3-11-7(9)13-12-5/h2-3H,(H2,9,11,13). The Morgan fingerprint density at radius 1 is 1.29 bits per heavy atom. The fourth-order valence-corrected chi connectivity index (χ4v) is 1.49. The highest BCUT2D eigenvalue weighted by molar-refractivity contribution is 7.15. The van der Waals surface area contributed by atoms with Crippen molar-refractivity contribution >= 4 is 17.3 Å². The molecule has 0 amide bonds. The van der Waals surface area contributed by atoms with Gasteiger partial charge in [-0.15, -0.1) is 21.5 Å². The molecule has 0 aromatic carbocycles. The van der Waals surface area contributed by atoms with Crippen LogP contribution in [-0.2, 0) is 0 Å². The van der Waals surface area contributed by atoms with E-state index < -0.39 is 0 Å². The number of hydrogen-bond acceptors (Lipinski definition) is 7. The third kappa shape index (κ3) is 1.51. The maximum absolute atomic E-state index is 8.59. The molecule has 0 saturated heterocycles. The number of hydrogen-bond donors (Lipinski definition) is 1. The van der Waals surface area contributed by atoms with Crippen molar-refractivity contribution in [3.05, 3.63) is 17.3 Å². The zero-order valence-electron chi connectivity index (χ0n) is 6.88. The van der Waals surface area contributed by atoms with Gasteiger partial charge in [0, 0.05) is 0 Å². The predicted molar refractivity (Wildman–Crippen MR) is 50.1 cm³/mol. The molecular weight excluding hydrogens is 200 g/mol. The number of aromatic nitrogens is 4. The van der Waals surface area contributed by atoms with Crippen molar-refractivity contribution < 1.29 is 0 Å². The summed E-state index contributed by atoms with van der Waals surface area (Å²) < 4.78 is 0. The van der Waals surface area contributed by atoms with Crippen molar-refractivity contribution in [1.29, 1.82) is 5.26 Å². The van der Waals surface area contributed by atoms with E-state index in [0.717, 1.165) is 0 Å². The number of nitriles is 1. The number of rotatable bonds is 1. The Kier molecular flexibility index (Phi) is 2.04. The van der Waals surface area contributed by atoms with E-state index in [1.54, 1.807) is 0 Å². The van der Waals surface area contributed by atoms with Gasteiger partial charge in [-0.3, -0.25) is 0 Å². The number of anilines is 1. The first-order chi connectivity index (χ1) is 6.79. The molecular formula is C7H4N6S. The molecule has 2 aromatic rings. The summed E-state index contributed by atoms with van der Waals surface area (Å²) in [5.74, 6) is 0.116. The number of thiazole rings is 1. The van der Waals surface area contributed by atoms with Crippen molar-refractivity contribution in [2.75, 3.05) is 5.73 Å². The average molecular weight is 204 g/mol. The van der Waals surface area contributed by atoms with E-state index in [-0.39, 0.29) is 5.95 Å². The lowest BCUT2D eigenvalue weighted by Crippen LogP contribution is -1.97. The Labute approximate surface area is 83.1 Å². The molecule has 68 valence electrons. The minimum Gasteiger partial charge on any atom is -0.366 e. The Balaban J connectivity index is 2.40. The molecule has 2 heterocycles. The second-order valence-electron chi connectivity index (χ2n) is 2.34. The first-order valence-corrected chi connectivity index (χ1v) is 4.43. The normalized spacial score (nSPS) is 9.64. The van der Waals surface area contributed by atoms with E-state index >= 15 is 0 Å². The average Bonchev–Trinajstić information content (AvgIpc) is 2.67. The van der Waals surface area contributed by atoms with E-state index in [1.165, 1.54) is 23.7 Å². The van der Waals surface area contributed by atoms with Gasteiger partial charge in [-0.2, -0.15) is 5.26 Å². The minimum atomic E-state index is 0.116. The molecule has 0 radical (unpaired) electrons. The molecule has 2 aromatic heterocycles. The third-order valence-corrected chi connectivity index (χ3v) is 2.34. The third-order valence-electron chi connectivity index (χ3n) is 1.41. The van der Waals surface area contributed by atoms with E-state index in [4.69, 9.17) is 11.0 Å². The first-order valence-electron chi connectivity index (χ1n) is 3.61. The topological polar surface area (TPSA) is 101 Å². The van der Waals surface area contributed by atoms with E-state index in [1.807, 2.05) is 6.07 Å². The van der Waals surface area contributed by atoms with Crippen LogP contribution in [-0.4, -0.2) is 20.2 Å². The maximum Gasteiger partial charge on any atom is 0.240 e. The fourth-order valence-electron chi connectivity index (χ4n) is 0.826. The number of nitrogens with two attached hydrogens (primary N) is 1. The predicted octanol–water partition coefficient (Wildman–Crippen LogP) is 0.449. The Morgan fingerprint density at radius 2 is 2.14 bits per heavy atom. The summed E-state index contributed by atoms with van der Waals surface area (Å²) in [7, 11) is 0. The molecule has 0 aliphatic carbocycles. The zero-order chi connectivity index (χ0) is 9.97. The monoisotopic (exact) mass is 204 g/mol. The van der Waals surface area contributed by atoms with Gasteiger partial charge in [0.1, 0.15) is 21.6 Å². The van der Waals surface area contributed by atoms with Gasteiger partial charge in [0.25, 0.3) is 0 Å². The van der Waals surface area contributed by atoms with Gasteiger partial charge in [0.2, 0.25) is 5.95 Å². The number of nitrogens with zero attached hydrogens (tertiary/aromatic N) is 5. The second kappa shape index (κ2) is 3.35. The summed E-state index contributed by atoms with van der Waals surface area (Å²) in [6.07, 6.45) is 2.96. The summed E-state index contributed by atoms with van der Waals surface area (Å²) in [4.78, 5) is 8.30. The van der Waals surface area contributed by atoms with E-state index in [0.29, 0.717) is 15.6 Å². The molecule has 0 saturated carbocycles. The van der Waals surface area contributed by atoms with Crippen LogP contribution >= 0.6 is 11.3 Å². The van der Waals surface area contributed by atoms with Gasteiger partial charge < -0.3 is 5.73 Å². The van der Waals surface area contributed by atoms with Gasteiger partial charge in [0.15, 0.2) is 0 Å². The maximum atomic E-state index is 8.59. The Morgan fingerprint density at radius 3 is 2.71 bits per heavy atom. The molecule has 0 bridgehead atoms. The highest BCUT2D eigenvalue weighted by Gasteiger charge is 2.06. The van der Waals surface area contributed by atoms with Gasteiger partial charge in [0.05, 0.1) is 12.4 Å². The Bertz CT molecular complexity index is 482. The largest absolute Gasteiger partial charge is 0.366 e. The lowest BCUT2D eigenvalue weighted by molar-refractivity contribution is 0.990. The molecule has 0 aliphatic rings. The van der Waals surface area contributed by atoms with Crippen LogP contribution in [0.4, 0.5) is 5.95 Å². The molecule has 0 unspecified atom stereocenters. The molecule has 0 atom stereocenters. The van der Waals surface area contributed by atoms with Crippen LogP contribution in [0.1, 0.15) is 4.88 Å². The van der Waals surface area contributed by atoms with Crippen LogP contribution in [0.25, 0.3) is 10.7 Å². The molecule has 2 N–H and O–H groups in total. The van der Waals surface area contributed by atoms with Crippen LogP contribution in [0, 0.1) is 11.3 Å². The van der Waals surface area contributed by atoms with Crippen LogP contribution in [0.2, 0.25) is 0 Å². The Hall–Kier alpha value is -2.07. The summed E-state index contributed by atoms with van der Waals surface area (Å²) in [6, 6.07) is 1.99. The molecule has 0 fully saturated rings. The van der Waals surface area contributed by atoms with Gasteiger partial charge in [-0.25, -0.2) is 9.97 Å². The first kappa shape index (κ1) is 8.52. The molecule has 2 rings (SSSR count). The van der Waals surface area contributed by atoms with Crippen LogP contribution in [0.15, 0.2) is 12.4 Å². The van der Waals surface area contributed by atoms with Gasteiger partial charge >= 0.3 is 0 Å². The van der Waals surface area contributed by atoms with Gasteiger partial charge in [-0.1, -0.05) is 0 Å².